The summed E-state index contributed by atoms with van der Waals surface area (Å²) in [4.78, 5) is 3.84. The molecule has 0 fully saturated rings. The Morgan fingerprint density at radius 1 is 1.00 bits per heavy atom. The average molecular weight is 295 g/mol. The number of nitrogens with one attached hydrogen (secondary N) is 2. The lowest BCUT2D eigenvalue weighted by Crippen LogP contribution is -2.08. The van der Waals surface area contributed by atoms with E-state index < -0.39 is 17.5 Å². The molecule has 0 bridgehead atoms. The van der Waals surface area contributed by atoms with Crippen LogP contribution in [-0.2, 0) is 0 Å². The van der Waals surface area contributed by atoms with Crippen molar-refractivity contribution in [2.45, 2.75) is 20.3 Å². The highest BCUT2D eigenvalue weighted by Gasteiger charge is 2.13. The van der Waals surface area contributed by atoms with Gasteiger partial charge < -0.3 is 10.6 Å². The van der Waals surface area contributed by atoms with E-state index in [-0.39, 0.29) is 17.3 Å². The molecule has 0 saturated heterocycles. The molecule has 0 aliphatic rings. The van der Waals surface area contributed by atoms with Crippen molar-refractivity contribution in [3.8, 4) is 0 Å². The van der Waals surface area contributed by atoms with Gasteiger partial charge >= 0.3 is 0 Å². The molecule has 21 heavy (non-hydrogen) atoms. The first-order chi connectivity index (χ1) is 10.0. The molecule has 0 amide bonds. The number of anilines is 3. The maximum absolute atomic E-state index is 13.8. The Balaban J connectivity index is 2.32. The van der Waals surface area contributed by atoms with Crippen molar-refractivity contribution in [2.24, 2.45) is 0 Å². The second kappa shape index (κ2) is 6.47. The molecule has 1 heterocycles. The number of nitrogens with zero attached hydrogens (tertiary/aromatic N) is 1. The molecule has 112 valence electrons. The zero-order valence-electron chi connectivity index (χ0n) is 11.8. The van der Waals surface area contributed by atoms with E-state index in [1.54, 1.807) is 13.0 Å². The molecule has 0 saturated carbocycles. The van der Waals surface area contributed by atoms with Gasteiger partial charge in [0.2, 0.25) is 0 Å². The minimum absolute atomic E-state index is 0.0613. The molecule has 2 rings (SSSR count). The molecule has 0 atom stereocenters. The second-order valence-corrected chi connectivity index (χ2v) is 4.68. The summed E-state index contributed by atoms with van der Waals surface area (Å²) in [5, 5.41) is 5.31. The largest absolute Gasteiger partial charge is 0.368 e. The van der Waals surface area contributed by atoms with E-state index in [9.17, 15) is 13.2 Å². The number of benzene rings is 1. The van der Waals surface area contributed by atoms with E-state index in [1.807, 2.05) is 6.92 Å². The lowest BCUT2D eigenvalue weighted by atomic mass is 10.2. The molecular weight excluding hydrogens is 279 g/mol. The fraction of sp³-hybridized carbons (Fsp3) is 0.267. The molecule has 0 radical (unpaired) electrons. The summed E-state index contributed by atoms with van der Waals surface area (Å²) in [5.74, 6) is -2.48. The van der Waals surface area contributed by atoms with Gasteiger partial charge in [0.1, 0.15) is 5.82 Å². The summed E-state index contributed by atoms with van der Waals surface area (Å²) in [6.07, 6.45) is 0.772. The van der Waals surface area contributed by atoms with Gasteiger partial charge in [-0.25, -0.2) is 18.2 Å². The smallest absolute Gasteiger partial charge is 0.169 e. The number of hydrogen-bond donors (Lipinski definition) is 2. The van der Waals surface area contributed by atoms with E-state index in [2.05, 4.69) is 15.6 Å². The fourth-order valence-corrected chi connectivity index (χ4v) is 1.78. The Bertz CT molecular complexity index is 644. The number of pyridine rings is 1. The van der Waals surface area contributed by atoms with Crippen LogP contribution in [0.4, 0.5) is 30.5 Å². The molecule has 0 aliphatic carbocycles. The van der Waals surface area contributed by atoms with Crippen LogP contribution in [0, 0.1) is 24.4 Å². The standard InChI is InChI=1S/C15H16F3N3/c1-3-6-19-14-11(17)8-12(18)15(21-14)20-13-7-9(2)4-5-10(13)16/h4-5,7-8H,3,6H2,1-2H3,(H2,19,20,21). The molecule has 1 aromatic carbocycles. The van der Waals surface area contributed by atoms with E-state index in [0.29, 0.717) is 6.54 Å². The number of aromatic nitrogens is 1. The van der Waals surface area contributed by atoms with Crippen LogP contribution in [0.3, 0.4) is 0 Å². The third-order valence-corrected chi connectivity index (χ3v) is 2.85. The zero-order chi connectivity index (χ0) is 15.4. The lowest BCUT2D eigenvalue weighted by Gasteiger charge is -2.12. The van der Waals surface area contributed by atoms with Crippen LogP contribution in [0.1, 0.15) is 18.9 Å². The highest BCUT2D eigenvalue weighted by Crippen LogP contribution is 2.24. The Morgan fingerprint density at radius 3 is 2.43 bits per heavy atom. The van der Waals surface area contributed by atoms with Crippen molar-refractivity contribution in [2.75, 3.05) is 17.2 Å². The van der Waals surface area contributed by atoms with Crippen molar-refractivity contribution < 1.29 is 13.2 Å². The molecule has 0 aliphatic heterocycles. The Morgan fingerprint density at radius 2 is 1.71 bits per heavy atom. The summed E-state index contributed by atoms with van der Waals surface area (Å²) in [5.41, 5.74) is 0.903. The van der Waals surface area contributed by atoms with Crippen LogP contribution in [0.2, 0.25) is 0 Å². The van der Waals surface area contributed by atoms with Crippen LogP contribution >= 0.6 is 0 Å². The monoisotopic (exact) mass is 295 g/mol. The Hall–Kier alpha value is -2.24. The van der Waals surface area contributed by atoms with Crippen molar-refractivity contribution >= 4 is 17.3 Å². The molecule has 1 aromatic heterocycles. The highest BCUT2D eigenvalue weighted by molar-refractivity contribution is 5.60. The molecule has 3 nitrogen and oxygen atoms in total. The molecule has 6 heteroatoms. The maximum Gasteiger partial charge on any atom is 0.169 e. The van der Waals surface area contributed by atoms with Crippen molar-refractivity contribution in [1.29, 1.82) is 0 Å². The summed E-state index contributed by atoms with van der Waals surface area (Å²) < 4.78 is 41.0. The number of aryl methyl sites for hydroxylation is 1. The van der Waals surface area contributed by atoms with E-state index >= 15 is 0 Å². The first-order valence-corrected chi connectivity index (χ1v) is 6.64. The van der Waals surface area contributed by atoms with Gasteiger partial charge in [-0.2, -0.15) is 0 Å². The highest BCUT2D eigenvalue weighted by atomic mass is 19.1. The molecular formula is C15H16F3N3. The predicted molar refractivity (Wildman–Crippen MR) is 77.4 cm³/mol. The number of halogens is 3. The lowest BCUT2D eigenvalue weighted by molar-refractivity contribution is 0.578. The Labute approximate surface area is 121 Å². The van der Waals surface area contributed by atoms with Crippen molar-refractivity contribution in [3.05, 3.63) is 47.3 Å². The van der Waals surface area contributed by atoms with Gasteiger partial charge in [-0.15, -0.1) is 0 Å². The van der Waals surface area contributed by atoms with Crippen LogP contribution in [0.25, 0.3) is 0 Å². The first kappa shape index (κ1) is 15.2. The van der Waals surface area contributed by atoms with Crippen LogP contribution in [0.15, 0.2) is 24.3 Å². The normalized spacial score (nSPS) is 10.5. The minimum Gasteiger partial charge on any atom is -0.368 e. The average Bonchev–Trinajstić information content (AvgIpc) is 2.44. The van der Waals surface area contributed by atoms with Gasteiger partial charge in [0.05, 0.1) is 5.69 Å². The quantitative estimate of drug-likeness (QED) is 0.860. The number of rotatable bonds is 5. The van der Waals surface area contributed by atoms with Crippen LogP contribution in [-0.4, -0.2) is 11.5 Å². The van der Waals surface area contributed by atoms with Gasteiger partial charge in [0.15, 0.2) is 23.3 Å². The number of hydrogen-bond acceptors (Lipinski definition) is 3. The van der Waals surface area contributed by atoms with E-state index in [4.69, 9.17) is 0 Å². The van der Waals surface area contributed by atoms with Gasteiger partial charge in [-0.3, -0.25) is 0 Å². The molecule has 0 unspecified atom stereocenters. The minimum atomic E-state index is -0.879. The van der Waals surface area contributed by atoms with Gasteiger partial charge in [-0.1, -0.05) is 13.0 Å². The zero-order valence-corrected chi connectivity index (χ0v) is 11.8. The summed E-state index contributed by atoms with van der Waals surface area (Å²) in [6.45, 7) is 4.21. The summed E-state index contributed by atoms with van der Waals surface area (Å²) in [7, 11) is 0. The third kappa shape index (κ3) is 3.65. The topological polar surface area (TPSA) is 37.0 Å². The molecule has 0 spiro atoms. The van der Waals surface area contributed by atoms with E-state index in [0.717, 1.165) is 18.1 Å². The summed E-state index contributed by atoms with van der Waals surface area (Å²) >= 11 is 0. The van der Waals surface area contributed by atoms with E-state index in [1.165, 1.54) is 12.1 Å². The SMILES string of the molecule is CCCNc1nc(Nc2cc(C)ccc2F)c(F)cc1F. The van der Waals surface area contributed by atoms with Gasteiger partial charge in [0.25, 0.3) is 0 Å². The summed E-state index contributed by atoms with van der Waals surface area (Å²) in [6, 6.07) is 5.12. The maximum atomic E-state index is 13.8. The van der Waals surface area contributed by atoms with Crippen molar-refractivity contribution in [3.63, 3.8) is 0 Å². The third-order valence-electron chi connectivity index (χ3n) is 2.85. The Kier molecular flexibility index (Phi) is 4.67. The first-order valence-electron chi connectivity index (χ1n) is 6.64. The molecule has 2 N–H and O–H groups in total. The molecule has 2 aromatic rings. The second-order valence-electron chi connectivity index (χ2n) is 4.68. The fourth-order valence-electron chi connectivity index (χ4n) is 1.78. The van der Waals surface area contributed by atoms with Gasteiger partial charge in [0, 0.05) is 12.6 Å². The van der Waals surface area contributed by atoms with Crippen LogP contribution < -0.4 is 10.6 Å². The van der Waals surface area contributed by atoms with Crippen molar-refractivity contribution in [1.82, 2.24) is 4.98 Å². The predicted octanol–water partition coefficient (Wildman–Crippen LogP) is 4.37. The van der Waals surface area contributed by atoms with Crippen LogP contribution in [0.5, 0.6) is 0 Å². The van der Waals surface area contributed by atoms with Gasteiger partial charge in [-0.05, 0) is 31.0 Å².